The quantitative estimate of drug-likeness (QED) is 0.734. The van der Waals surface area contributed by atoms with Crippen LogP contribution in [-0.2, 0) is 0 Å². The van der Waals surface area contributed by atoms with Crippen molar-refractivity contribution in [3.63, 3.8) is 0 Å². The molecule has 0 atom stereocenters. The number of benzene rings is 1. The number of aromatic amines is 1. The van der Waals surface area contributed by atoms with Crippen LogP contribution in [0.1, 0.15) is 0 Å². The third kappa shape index (κ3) is 1.24. The highest BCUT2D eigenvalue weighted by Crippen LogP contribution is 2.27. The number of nitrogens with zero attached hydrogens (tertiary/aromatic N) is 1. The lowest BCUT2D eigenvalue weighted by Crippen LogP contribution is -1.76. The molecule has 0 saturated carbocycles. The molecule has 0 unspecified atom stereocenters. The van der Waals surface area contributed by atoms with Crippen LogP contribution in [0.2, 0.25) is 0 Å². The van der Waals surface area contributed by atoms with Gasteiger partial charge in [-0.1, -0.05) is 0 Å². The Morgan fingerprint density at radius 3 is 3.00 bits per heavy atom. The number of halogens is 3. The fourth-order valence-corrected chi connectivity index (χ4v) is 2.71. The van der Waals surface area contributed by atoms with Gasteiger partial charge in [-0.05, 0) is 44.6 Å². The van der Waals surface area contributed by atoms with Gasteiger partial charge in [-0.25, -0.2) is 4.39 Å². The average Bonchev–Trinajstić information content (AvgIpc) is 2.31. The highest BCUT2D eigenvalue weighted by atomic mass is 127. The predicted octanol–water partition coefficient (Wildman–Crippen LogP) is 3.07. The molecule has 0 bridgehead atoms. The first-order valence-corrected chi connectivity index (χ1v) is 5.04. The summed E-state index contributed by atoms with van der Waals surface area (Å²) >= 11 is 5.39. The molecular weight excluding hydrogens is 338 g/mol. The van der Waals surface area contributed by atoms with Crippen molar-refractivity contribution in [1.29, 1.82) is 0 Å². The Balaban J connectivity index is 2.93. The molecule has 2 aromatic rings. The third-order valence-corrected chi connectivity index (χ3v) is 2.93. The van der Waals surface area contributed by atoms with Crippen LogP contribution in [0.4, 0.5) is 4.39 Å². The summed E-state index contributed by atoms with van der Waals surface area (Å²) in [4.78, 5) is 0. The van der Waals surface area contributed by atoms with E-state index in [1.165, 1.54) is 12.1 Å². The monoisotopic (exact) mass is 340 g/mol. The summed E-state index contributed by atoms with van der Waals surface area (Å²) in [5, 5.41) is 7.65. The molecule has 0 aliphatic heterocycles. The van der Waals surface area contributed by atoms with E-state index in [1.807, 2.05) is 0 Å². The summed E-state index contributed by atoms with van der Waals surface area (Å²) in [7, 11) is 0. The maximum Gasteiger partial charge on any atom is 0.126 e. The van der Waals surface area contributed by atoms with Crippen LogP contribution in [0.5, 0.6) is 0 Å². The second kappa shape index (κ2) is 2.95. The highest BCUT2D eigenvalue weighted by molar-refractivity contribution is 14.1. The molecule has 2 nitrogen and oxygen atoms in total. The van der Waals surface area contributed by atoms with Crippen molar-refractivity contribution in [1.82, 2.24) is 10.2 Å². The molecule has 0 aliphatic carbocycles. The molecule has 0 radical (unpaired) electrons. The van der Waals surface area contributed by atoms with Gasteiger partial charge in [-0.3, -0.25) is 5.10 Å². The predicted molar refractivity (Wildman–Crippen MR) is 56.5 cm³/mol. The standard InChI is InChI=1S/C7H3BrFIN2/c8-4-1-3(9)2-5-6(4)7(10)12-11-5/h1-2H,(H,11,12). The van der Waals surface area contributed by atoms with Crippen molar-refractivity contribution in [2.24, 2.45) is 0 Å². The van der Waals surface area contributed by atoms with Gasteiger partial charge < -0.3 is 0 Å². The maximum absolute atomic E-state index is 12.8. The summed E-state index contributed by atoms with van der Waals surface area (Å²) in [5.41, 5.74) is 0.645. The minimum Gasteiger partial charge on any atom is -0.271 e. The van der Waals surface area contributed by atoms with Gasteiger partial charge in [-0.15, -0.1) is 0 Å². The van der Waals surface area contributed by atoms with Gasteiger partial charge in [0.1, 0.15) is 9.52 Å². The van der Waals surface area contributed by atoms with E-state index in [2.05, 4.69) is 48.7 Å². The largest absolute Gasteiger partial charge is 0.271 e. The molecule has 5 heteroatoms. The van der Waals surface area contributed by atoms with Crippen LogP contribution in [-0.4, -0.2) is 10.2 Å². The molecular formula is C7H3BrFIN2. The van der Waals surface area contributed by atoms with Gasteiger partial charge in [-0.2, -0.15) is 5.10 Å². The molecule has 0 spiro atoms. The van der Waals surface area contributed by atoms with Crippen LogP contribution in [0.25, 0.3) is 10.9 Å². The normalized spacial score (nSPS) is 10.9. The minimum absolute atomic E-state index is 0.280. The van der Waals surface area contributed by atoms with E-state index in [9.17, 15) is 4.39 Å². The molecule has 1 N–H and O–H groups in total. The van der Waals surface area contributed by atoms with E-state index in [-0.39, 0.29) is 5.82 Å². The lowest BCUT2D eigenvalue weighted by atomic mass is 10.2. The summed E-state index contributed by atoms with van der Waals surface area (Å²) in [6, 6.07) is 2.83. The Labute approximate surface area is 89.8 Å². The van der Waals surface area contributed by atoms with E-state index in [4.69, 9.17) is 0 Å². The molecule has 1 heterocycles. The smallest absolute Gasteiger partial charge is 0.126 e. The summed E-state index contributed by atoms with van der Waals surface area (Å²) < 4.78 is 14.5. The van der Waals surface area contributed by atoms with Gasteiger partial charge in [0, 0.05) is 15.9 Å². The van der Waals surface area contributed by atoms with Crippen molar-refractivity contribution in [3.05, 3.63) is 26.1 Å². The number of fused-ring (bicyclic) bond motifs is 1. The Kier molecular flexibility index (Phi) is 2.07. The van der Waals surface area contributed by atoms with E-state index >= 15 is 0 Å². The van der Waals surface area contributed by atoms with Crippen molar-refractivity contribution < 1.29 is 4.39 Å². The number of H-pyrrole nitrogens is 1. The Hall–Kier alpha value is -0.170. The van der Waals surface area contributed by atoms with Crippen molar-refractivity contribution in [2.75, 3.05) is 0 Å². The molecule has 62 valence electrons. The van der Waals surface area contributed by atoms with E-state index < -0.39 is 0 Å². The molecule has 0 saturated heterocycles. The van der Waals surface area contributed by atoms with Gasteiger partial charge in [0.2, 0.25) is 0 Å². The van der Waals surface area contributed by atoms with Crippen LogP contribution in [0.3, 0.4) is 0 Å². The average molecular weight is 341 g/mol. The molecule has 2 rings (SSSR count). The zero-order chi connectivity index (χ0) is 8.72. The van der Waals surface area contributed by atoms with E-state index in [0.29, 0.717) is 5.52 Å². The highest BCUT2D eigenvalue weighted by Gasteiger charge is 2.07. The first kappa shape index (κ1) is 8.43. The molecule has 12 heavy (non-hydrogen) atoms. The third-order valence-electron chi connectivity index (χ3n) is 1.53. The minimum atomic E-state index is -0.280. The Bertz CT molecular complexity index is 440. The zero-order valence-electron chi connectivity index (χ0n) is 5.74. The molecule has 0 fully saturated rings. The topological polar surface area (TPSA) is 28.7 Å². The summed E-state index contributed by atoms with van der Waals surface area (Å²) in [6.45, 7) is 0. The number of nitrogens with one attached hydrogen (secondary N) is 1. The lowest BCUT2D eigenvalue weighted by molar-refractivity contribution is 0.628. The van der Waals surface area contributed by atoms with Crippen LogP contribution >= 0.6 is 38.5 Å². The van der Waals surface area contributed by atoms with Gasteiger partial charge in [0.05, 0.1) is 5.52 Å². The SMILES string of the molecule is Fc1cc(Br)c2c(I)[nH]nc2c1. The lowest BCUT2D eigenvalue weighted by Gasteiger charge is -1.93. The number of rotatable bonds is 0. The first-order valence-electron chi connectivity index (χ1n) is 3.17. The van der Waals surface area contributed by atoms with E-state index in [0.717, 1.165) is 13.6 Å². The number of hydrogen-bond acceptors (Lipinski definition) is 1. The van der Waals surface area contributed by atoms with Crippen LogP contribution < -0.4 is 0 Å². The molecule has 1 aromatic heterocycles. The van der Waals surface area contributed by atoms with Crippen LogP contribution in [0, 0.1) is 9.52 Å². The second-order valence-electron chi connectivity index (χ2n) is 2.32. The van der Waals surface area contributed by atoms with Crippen molar-refractivity contribution in [2.45, 2.75) is 0 Å². The molecule has 0 aliphatic rings. The second-order valence-corrected chi connectivity index (χ2v) is 4.25. The maximum atomic E-state index is 12.8. The van der Waals surface area contributed by atoms with Crippen molar-refractivity contribution >= 4 is 49.4 Å². The zero-order valence-corrected chi connectivity index (χ0v) is 9.48. The van der Waals surface area contributed by atoms with Crippen molar-refractivity contribution in [3.8, 4) is 0 Å². The van der Waals surface area contributed by atoms with Crippen LogP contribution in [0.15, 0.2) is 16.6 Å². The molecule has 0 amide bonds. The van der Waals surface area contributed by atoms with Gasteiger partial charge >= 0.3 is 0 Å². The van der Waals surface area contributed by atoms with Gasteiger partial charge in [0.15, 0.2) is 0 Å². The van der Waals surface area contributed by atoms with E-state index in [1.54, 1.807) is 0 Å². The Morgan fingerprint density at radius 1 is 1.50 bits per heavy atom. The Morgan fingerprint density at radius 2 is 2.25 bits per heavy atom. The van der Waals surface area contributed by atoms with Gasteiger partial charge in [0.25, 0.3) is 0 Å². The summed E-state index contributed by atoms with van der Waals surface area (Å²) in [5.74, 6) is -0.280. The fraction of sp³-hybridized carbons (Fsp3) is 0. The fourth-order valence-electron chi connectivity index (χ4n) is 1.03. The number of hydrogen-bond donors (Lipinski definition) is 1. The summed E-state index contributed by atoms with van der Waals surface area (Å²) in [6.07, 6.45) is 0. The first-order chi connectivity index (χ1) is 5.68. The molecule has 1 aromatic carbocycles. The number of aromatic nitrogens is 2.